The summed E-state index contributed by atoms with van der Waals surface area (Å²) in [5.41, 5.74) is 0. The average Bonchev–Trinajstić information content (AvgIpc) is 3.06. The summed E-state index contributed by atoms with van der Waals surface area (Å²) in [6.07, 6.45) is 1.93. The lowest BCUT2D eigenvalue weighted by Crippen LogP contribution is -2.39. The van der Waals surface area contributed by atoms with Crippen LogP contribution in [0.15, 0.2) is 29.4 Å². The van der Waals surface area contributed by atoms with Crippen LogP contribution in [0, 0.1) is 6.92 Å². The van der Waals surface area contributed by atoms with Crippen LogP contribution in [0.5, 0.6) is 5.75 Å². The Morgan fingerprint density at radius 1 is 1.36 bits per heavy atom. The quantitative estimate of drug-likeness (QED) is 0.247. The first-order chi connectivity index (χ1) is 13.0. The highest BCUT2D eigenvalue weighted by Gasteiger charge is 2.10. The smallest absolute Gasteiger partial charge is 0.191 e. The summed E-state index contributed by atoms with van der Waals surface area (Å²) in [7, 11) is 0. The molecule has 3 N–H and O–H groups in total. The Hall–Kier alpha value is -0.810. The number of rotatable bonds is 9. The number of aliphatic imine (C=N–C) groups is 1. The number of aromatic nitrogens is 1. The molecule has 0 aliphatic carbocycles. The Kier molecular flexibility index (Phi) is 12.1. The predicted molar refractivity (Wildman–Crippen MR) is 128 cm³/mol. The molecular weight excluding hydrogens is 534 g/mol. The van der Waals surface area contributed by atoms with Crippen LogP contribution in [0.2, 0.25) is 10.0 Å². The molecule has 0 saturated heterocycles. The van der Waals surface area contributed by atoms with Crippen molar-refractivity contribution in [2.75, 3.05) is 26.2 Å². The molecule has 0 amide bonds. The average molecular weight is 559 g/mol. The van der Waals surface area contributed by atoms with Crippen molar-refractivity contribution >= 4 is 64.5 Å². The maximum absolute atomic E-state index is 10.1. The minimum Gasteiger partial charge on any atom is -0.489 e. The third-order valence-electron chi connectivity index (χ3n) is 3.45. The molecule has 1 atom stereocenters. The first kappa shape index (κ1) is 25.2. The van der Waals surface area contributed by atoms with Gasteiger partial charge in [-0.25, -0.2) is 4.98 Å². The number of hydrogen-bond donors (Lipinski definition) is 3. The van der Waals surface area contributed by atoms with Crippen molar-refractivity contribution in [3.8, 4) is 5.75 Å². The van der Waals surface area contributed by atoms with Gasteiger partial charge in [0.25, 0.3) is 0 Å². The van der Waals surface area contributed by atoms with Crippen molar-refractivity contribution in [1.82, 2.24) is 15.6 Å². The predicted octanol–water partition coefficient (Wildman–Crippen LogP) is 3.91. The van der Waals surface area contributed by atoms with Crippen LogP contribution in [-0.2, 0) is 6.42 Å². The van der Waals surface area contributed by atoms with Crippen LogP contribution in [0.25, 0.3) is 0 Å². The summed E-state index contributed by atoms with van der Waals surface area (Å²) in [5.74, 6) is 1.08. The standard InChI is InChI=1S/C18H24Cl2N4O2S.HI/c1-3-21-18(22-8-7-16-23-9-12(2)27-16)24-10-13(25)11-26-15-6-4-5-14(19)17(15)20;/h4-6,9,13,25H,3,7-8,10-11H2,1-2H3,(H2,21,22,24);1H. The van der Waals surface area contributed by atoms with E-state index in [0.29, 0.717) is 28.3 Å². The zero-order valence-electron chi connectivity index (χ0n) is 15.7. The summed E-state index contributed by atoms with van der Waals surface area (Å²) < 4.78 is 5.53. The number of nitrogens with one attached hydrogen (secondary N) is 2. The van der Waals surface area contributed by atoms with Gasteiger partial charge in [0, 0.05) is 30.6 Å². The minimum absolute atomic E-state index is 0. The number of thiazole rings is 1. The fraction of sp³-hybridized carbons (Fsp3) is 0.444. The van der Waals surface area contributed by atoms with Crippen molar-refractivity contribution in [3.63, 3.8) is 0 Å². The third-order valence-corrected chi connectivity index (χ3v) is 5.23. The van der Waals surface area contributed by atoms with Crippen LogP contribution in [0.1, 0.15) is 16.8 Å². The Bertz CT molecular complexity index is 761. The number of halogens is 3. The Morgan fingerprint density at radius 2 is 2.14 bits per heavy atom. The lowest BCUT2D eigenvalue weighted by Gasteiger charge is -2.14. The van der Waals surface area contributed by atoms with E-state index in [0.717, 1.165) is 18.0 Å². The summed E-state index contributed by atoms with van der Waals surface area (Å²) in [5, 5.41) is 18.3. The normalized spacial score (nSPS) is 12.2. The number of guanidine groups is 1. The van der Waals surface area contributed by atoms with E-state index in [1.54, 1.807) is 29.5 Å². The van der Waals surface area contributed by atoms with Crippen molar-refractivity contribution in [2.45, 2.75) is 26.4 Å². The van der Waals surface area contributed by atoms with Gasteiger partial charge in [0.15, 0.2) is 5.96 Å². The summed E-state index contributed by atoms with van der Waals surface area (Å²) in [4.78, 5) is 9.93. The maximum Gasteiger partial charge on any atom is 0.191 e. The molecule has 0 bridgehead atoms. The molecule has 2 aromatic rings. The third kappa shape index (κ3) is 8.69. The van der Waals surface area contributed by atoms with Crippen molar-refractivity contribution in [2.24, 2.45) is 4.99 Å². The first-order valence-electron chi connectivity index (χ1n) is 8.68. The molecule has 1 unspecified atom stereocenters. The van der Waals surface area contributed by atoms with Crippen LogP contribution < -0.4 is 15.4 Å². The van der Waals surface area contributed by atoms with Crippen LogP contribution in [-0.4, -0.2) is 48.4 Å². The van der Waals surface area contributed by atoms with E-state index in [4.69, 9.17) is 27.9 Å². The van der Waals surface area contributed by atoms with E-state index in [-0.39, 0.29) is 37.1 Å². The van der Waals surface area contributed by atoms with E-state index in [1.165, 1.54) is 4.88 Å². The molecule has 0 spiro atoms. The minimum atomic E-state index is -0.767. The van der Waals surface area contributed by atoms with Gasteiger partial charge >= 0.3 is 0 Å². The van der Waals surface area contributed by atoms with Gasteiger partial charge in [0.1, 0.15) is 23.5 Å². The van der Waals surface area contributed by atoms with Gasteiger partial charge in [-0.2, -0.15) is 0 Å². The number of benzene rings is 1. The molecule has 1 aromatic carbocycles. The molecule has 0 aliphatic heterocycles. The summed E-state index contributed by atoms with van der Waals surface area (Å²) >= 11 is 13.7. The number of hydrogen-bond acceptors (Lipinski definition) is 5. The molecule has 2 rings (SSSR count). The molecule has 0 saturated carbocycles. The van der Waals surface area contributed by atoms with E-state index in [9.17, 15) is 5.11 Å². The summed E-state index contributed by atoms with van der Waals surface area (Å²) in [6, 6.07) is 5.13. The van der Waals surface area contributed by atoms with Crippen molar-refractivity contribution in [3.05, 3.63) is 44.3 Å². The van der Waals surface area contributed by atoms with Gasteiger partial charge in [-0.05, 0) is 26.0 Å². The Labute approximate surface area is 196 Å². The number of aliphatic hydroxyl groups is 1. The van der Waals surface area contributed by atoms with Gasteiger partial charge in [-0.15, -0.1) is 35.3 Å². The number of aliphatic hydroxyl groups excluding tert-OH is 1. The van der Waals surface area contributed by atoms with Gasteiger partial charge in [0.05, 0.1) is 16.6 Å². The molecule has 156 valence electrons. The van der Waals surface area contributed by atoms with Crippen LogP contribution in [0.3, 0.4) is 0 Å². The molecule has 1 aromatic heterocycles. The van der Waals surface area contributed by atoms with Gasteiger partial charge in [-0.3, -0.25) is 4.99 Å². The molecule has 6 nitrogen and oxygen atoms in total. The molecular formula is C18H25Cl2IN4O2S. The molecule has 1 heterocycles. The van der Waals surface area contributed by atoms with E-state index >= 15 is 0 Å². The van der Waals surface area contributed by atoms with Crippen LogP contribution >= 0.6 is 58.5 Å². The highest BCUT2D eigenvalue weighted by atomic mass is 127. The second kappa shape index (κ2) is 13.4. The maximum atomic E-state index is 10.1. The number of aryl methyl sites for hydroxylation is 1. The fourth-order valence-electron chi connectivity index (χ4n) is 2.18. The SMILES string of the molecule is CCNC(=NCC(O)COc1cccc(Cl)c1Cl)NCCc1ncc(C)s1.I. The topological polar surface area (TPSA) is 78.8 Å². The van der Waals surface area contributed by atoms with Crippen molar-refractivity contribution < 1.29 is 9.84 Å². The molecule has 28 heavy (non-hydrogen) atoms. The lowest BCUT2D eigenvalue weighted by molar-refractivity contribution is 0.114. The summed E-state index contributed by atoms with van der Waals surface area (Å²) in [6.45, 7) is 5.74. The molecule has 0 radical (unpaired) electrons. The number of ether oxygens (including phenoxy) is 1. The highest BCUT2D eigenvalue weighted by Crippen LogP contribution is 2.31. The fourth-order valence-corrected chi connectivity index (χ4v) is 3.31. The van der Waals surface area contributed by atoms with Gasteiger partial charge < -0.3 is 20.5 Å². The van der Waals surface area contributed by atoms with Gasteiger partial charge in [0.2, 0.25) is 0 Å². The number of nitrogens with zero attached hydrogens (tertiary/aromatic N) is 2. The molecule has 0 fully saturated rings. The Balaban J connectivity index is 0.00000392. The van der Waals surface area contributed by atoms with E-state index < -0.39 is 6.10 Å². The lowest BCUT2D eigenvalue weighted by atomic mass is 10.3. The Morgan fingerprint density at radius 3 is 2.82 bits per heavy atom. The van der Waals surface area contributed by atoms with E-state index in [2.05, 4.69) is 20.6 Å². The van der Waals surface area contributed by atoms with Crippen molar-refractivity contribution in [1.29, 1.82) is 0 Å². The largest absolute Gasteiger partial charge is 0.489 e. The second-order valence-corrected chi connectivity index (χ2v) is 7.88. The molecule has 10 heteroatoms. The second-order valence-electron chi connectivity index (χ2n) is 5.78. The molecule has 0 aliphatic rings. The zero-order chi connectivity index (χ0) is 19.6. The zero-order valence-corrected chi connectivity index (χ0v) is 20.4. The monoisotopic (exact) mass is 558 g/mol. The first-order valence-corrected chi connectivity index (χ1v) is 10.2. The van der Waals surface area contributed by atoms with Crippen LogP contribution in [0.4, 0.5) is 0 Å². The van der Waals surface area contributed by atoms with E-state index in [1.807, 2.05) is 20.0 Å². The van der Waals surface area contributed by atoms with Gasteiger partial charge in [-0.1, -0.05) is 29.3 Å². The highest BCUT2D eigenvalue weighted by molar-refractivity contribution is 14.0.